The number of amides is 1. The number of carbonyl (C=O) groups excluding carboxylic acids is 2. The van der Waals surface area contributed by atoms with E-state index >= 15 is 0 Å². The van der Waals surface area contributed by atoms with Crippen LogP contribution in [0.15, 0.2) is 48.7 Å². The van der Waals surface area contributed by atoms with E-state index in [9.17, 15) is 9.59 Å². The summed E-state index contributed by atoms with van der Waals surface area (Å²) < 4.78 is 0. The normalized spacial score (nSPS) is 11.1. The lowest BCUT2D eigenvalue weighted by Gasteiger charge is -2.18. The summed E-state index contributed by atoms with van der Waals surface area (Å²) in [5.74, 6) is -0.149. The molecule has 4 heteroatoms. The summed E-state index contributed by atoms with van der Waals surface area (Å²) in [5, 5.41) is 2.78. The van der Waals surface area contributed by atoms with Crippen LogP contribution in [0, 0.1) is 0 Å². The molecule has 2 aromatic rings. The Morgan fingerprint density at radius 3 is 2.29 bits per heavy atom. The number of nitrogens with one attached hydrogen (secondary N) is 1. The van der Waals surface area contributed by atoms with Gasteiger partial charge < -0.3 is 5.32 Å². The highest BCUT2D eigenvalue weighted by atomic mass is 16.2. The second kappa shape index (κ2) is 7.86. The second-order valence-electron chi connectivity index (χ2n) is 6.85. The third-order valence-corrected chi connectivity index (χ3v) is 3.84. The first kappa shape index (κ1) is 17.9. The molecule has 1 aromatic carbocycles. The summed E-state index contributed by atoms with van der Waals surface area (Å²) in [4.78, 5) is 28.2. The van der Waals surface area contributed by atoms with E-state index < -0.39 is 0 Å². The van der Waals surface area contributed by atoms with Gasteiger partial charge in [-0.3, -0.25) is 14.6 Å². The van der Waals surface area contributed by atoms with E-state index in [0.717, 1.165) is 5.69 Å². The third-order valence-electron chi connectivity index (χ3n) is 3.84. The number of aromatic nitrogens is 1. The number of nitrogens with zero attached hydrogens (tertiary/aromatic N) is 1. The highest BCUT2D eigenvalue weighted by Gasteiger charge is 2.14. The topological polar surface area (TPSA) is 59.1 Å². The Hall–Kier alpha value is -2.49. The zero-order chi connectivity index (χ0) is 17.6. The van der Waals surface area contributed by atoms with E-state index in [1.165, 1.54) is 5.56 Å². The molecule has 0 aliphatic carbocycles. The Kier molecular flexibility index (Phi) is 5.85. The molecular weight excluding hydrogens is 300 g/mol. The van der Waals surface area contributed by atoms with Crippen molar-refractivity contribution in [3.05, 3.63) is 65.5 Å². The molecule has 0 spiro atoms. The fourth-order valence-corrected chi connectivity index (χ4v) is 2.31. The minimum Gasteiger partial charge on any atom is -0.350 e. The van der Waals surface area contributed by atoms with Gasteiger partial charge in [0.05, 0.1) is 12.2 Å². The first-order valence-electron chi connectivity index (χ1n) is 8.16. The van der Waals surface area contributed by atoms with E-state index in [1.807, 2.05) is 42.5 Å². The lowest BCUT2D eigenvalue weighted by atomic mass is 9.86. The average Bonchev–Trinajstić information content (AvgIpc) is 2.58. The van der Waals surface area contributed by atoms with Gasteiger partial charge in [-0.05, 0) is 23.1 Å². The fraction of sp³-hybridized carbons (Fsp3) is 0.350. The maximum atomic E-state index is 12.2. The maximum Gasteiger partial charge on any atom is 0.220 e. The fourth-order valence-electron chi connectivity index (χ4n) is 2.31. The van der Waals surface area contributed by atoms with Crippen molar-refractivity contribution in [2.24, 2.45) is 0 Å². The van der Waals surface area contributed by atoms with Crippen LogP contribution in [0.25, 0.3) is 0 Å². The number of ketones is 1. The van der Waals surface area contributed by atoms with Crippen LogP contribution in [0.4, 0.5) is 0 Å². The van der Waals surface area contributed by atoms with Crippen molar-refractivity contribution in [3.63, 3.8) is 0 Å². The van der Waals surface area contributed by atoms with E-state index in [4.69, 9.17) is 0 Å². The van der Waals surface area contributed by atoms with Gasteiger partial charge in [-0.1, -0.05) is 51.1 Å². The quantitative estimate of drug-likeness (QED) is 0.825. The lowest BCUT2D eigenvalue weighted by Crippen LogP contribution is -2.23. The number of rotatable bonds is 6. The largest absolute Gasteiger partial charge is 0.350 e. The summed E-state index contributed by atoms with van der Waals surface area (Å²) in [6.07, 6.45) is 2.09. The Morgan fingerprint density at radius 1 is 1.00 bits per heavy atom. The lowest BCUT2D eigenvalue weighted by molar-refractivity contribution is -0.121. The number of pyridine rings is 1. The summed E-state index contributed by atoms with van der Waals surface area (Å²) in [7, 11) is 0. The Morgan fingerprint density at radius 2 is 1.71 bits per heavy atom. The van der Waals surface area contributed by atoms with E-state index in [-0.39, 0.29) is 29.9 Å². The minimum absolute atomic E-state index is 0.0107. The Bertz CT molecular complexity index is 686. The Balaban J connectivity index is 1.81. The first-order chi connectivity index (χ1) is 11.4. The molecule has 1 N–H and O–H groups in total. The van der Waals surface area contributed by atoms with Gasteiger partial charge in [0.1, 0.15) is 0 Å². The molecule has 0 radical (unpaired) electrons. The van der Waals surface area contributed by atoms with Gasteiger partial charge in [0, 0.05) is 24.6 Å². The molecule has 0 saturated carbocycles. The molecule has 0 unspecified atom stereocenters. The highest BCUT2D eigenvalue weighted by Crippen LogP contribution is 2.22. The zero-order valence-corrected chi connectivity index (χ0v) is 14.5. The van der Waals surface area contributed by atoms with Gasteiger partial charge in [-0.2, -0.15) is 0 Å². The molecule has 0 aliphatic heterocycles. The third kappa shape index (κ3) is 5.30. The van der Waals surface area contributed by atoms with E-state index in [0.29, 0.717) is 12.1 Å². The van der Waals surface area contributed by atoms with Crippen LogP contribution in [0.3, 0.4) is 0 Å². The highest BCUT2D eigenvalue weighted by molar-refractivity contribution is 5.97. The molecule has 0 fully saturated rings. The number of carbonyl (C=O) groups is 2. The van der Waals surface area contributed by atoms with Crippen LogP contribution < -0.4 is 5.32 Å². The van der Waals surface area contributed by atoms with Gasteiger partial charge in [0.25, 0.3) is 0 Å². The van der Waals surface area contributed by atoms with Crippen molar-refractivity contribution in [1.82, 2.24) is 10.3 Å². The van der Waals surface area contributed by atoms with Crippen molar-refractivity contribution < 1.29 is 9.59 Å². The second-order valence-corrected chi connectivity index (χ2v) is 6.85. The number of benzene rings is 1. The summed E-state index contributed by atoms with van der Waals surface area (Å²) in [6.45, 7) is 6.79. The molecule has 0 atom stereocenters. The first-order valence-corrected chi connectivity index (χ1v) is 8.16. The van der Waals surface area contributed by atoms with Crippen LogP contribution in [-0.4, -0.2) is 16.7 Å². The summed E-state index contributed by atoms with van der Waals surface area (Å²) in [6, 6.07) is 13.2. The molecule has 1 amide bonds. The van der Waals surface area contributed by atoms with Gasteiger partial charge in [0.15, 0.2) is 5.78 Å². The van der Waals surface area contributed by atoms with Gasteiger partial charge in [0.2, 0.25) is 5.91 Å². The van der Waals surface area contributed by atoms with Crippen LogP contribution in [0.2, 0.25) is 0 Å². The molecule has 1 aromatic heterocycles. The van der Waals surface area contributed by atoms with Crippen LogP contribution in [0.5, 0.6) is 0 Å². The van der Waals surface area contributed by atoms with Crippen molar-refractivity contribution in [2.75, 3.05) is 0 Å². The number of Topliss-reactive ketones (excluding diaryl/α,β-unsaturated/α-hetero) is 1. The standard InChI is InChI=1S/C20H24N2O2/c1-20(2,3)16-9-7-15(8-10-16)18(23)11-12-19(24)22-14-17-6-4-5-13-21-17/h4-10,13H,11-12,14H2,1-3H3,(H,22,24). The average molecular weight is 324 g/mol. The molecular formula is C20H24N2O2. The number of hydrogen-bond acceptors (Lipinski definition) is 3. The van der Waals surface area contributed by atoms with Crippen LogP contribution >= 0.6 is 0 Å². The van der Waals surface area contributed by atoms with Crippen LogP contribution in [-0.2, 0) is 16.8 Å². The molecule has 2 rings (SSSR count). The minimum atomic E-state index is -0.139. The maximum absolute atomic E-state index is 12.2. The molecule has 0 saturated heterocycles. The monoisotopic (exact) mass is 324 g/mol. The molecule has 0 aliphatic rings. The van der Waals surface area contributed by atoms with Gasteiger partial charge in [-0.15, -0.1) is 0 Å². The molecule has 1 heterocycles. The number of hydrogen-bond donors (Lipinski definition) is 1. The van der Waals surface area contributed by atoms with Crippen LogP contribution in [0.1, 0.15) is 55.2 Å². The summed E-state index contributed by atoms with van der Waals surface area (Å²) >= 11 is 0. The molecule has 4 nitrogen and oxygen atoms in total. The smallest absolute Gasteiger partial charge is 0.220 e. The summed E-state index contributed by atoms with van der Waals surface area (Å²) in [5.41, 5.74) is 2.70. The van der Waals surface area contributed by atoms with Crippen molar-refractivity contribution in [2.45, 2.75) is 45.6 Å². The van der Waals surface area contributed by atoms with Crippen molar-refractivity contribution >= 4 is 11.7 Å². The zero-order valence-electron chi connectivity index (χ0n) is 14.5. The van der Waals surface area contributed by atoms with Gasteiger partial charge >= 0.3 is 0 Å². The molecule has 24 heavy (non-hydrogen) atoms. The predicted molar refractivity (Wildman–Crippen MR) is 94.8 cm³/mol. The predicted octanol–water partition coefficient (Wildman–Crippen LogP) is 3.66. The van der Waals surface area contributed by atoms with E-state index in [2.05, 4.69) is 31.1 Å². The SMILES string of the molecule is CC(C)(C)c1ccc(C(=O)CCC(=O)NCc2ccccn2)cc1. The van der Waals surface area contributed by atoms with E-state index in [1.54, 1.807) is 6.20 Å². The Labute approximate surface area is 143 Å². The molecule has 0 bridgehead atoms. The molecule has 126 valence electrons. The van der Waals surface area contributed by atoms with Gasteiger partial charge in [-0.25, -0.2) is 0 Å². The van der Waals surface area contributed by atoms with Crippen molar-refractivity contribution in [3.8, 4) is 0 Å². The van der Waals surface area contributed by atoms with Crippen molar-refractivity contribution in [1.29, 1.82) is 0 Å².